The highest BCUT2D eigenvalue weighted by molar-refractivity contribution is 6.30. The summed E-state index contributed by atoms with van der Waals surface area (Å²) in [7, 11) is 0. The molecular weight excluding hydrogens is 442 g/mol. The second kappa shape index (κ2) is 11.1. The molecule has 2 heterocycles. The molecule has 1 aliphatic carbocycles. The van der Waals surface area contributed by atoms with Gasteiger partial charge in [0.05, 0.1) is 13.1 Å². The van der Waals surface area contributed by atoms with Crippen LogP contribution in [0.5, 0.6) is 0 Å². The number of aliphatic imine (C=N–C) groups is 1. The fourth-order valence-electron chi connectivity index (χ4n) is 5.08. The summed E-state index contributed by atoms with van der Waals surface area (Å²) in [6, 6.07) is 16.6. The molecule has 1 atom stereocenters. The Hall–Kier alpha value is -2.85. The summed E-state index contributed by atoms with van der Waals surface area (Å²) in [5.74, 6) is 1.47. The lowest BCUT2D eigenvalue weighted by Crippen LogP contribution is -2.51. The molecule has 0 saturated carbocycles. The van der Waals surface area contributed by atoms with Gasteiger partial charge in [0.2, 0.25) is 5.96 Å². The largest absolute Gasteiger partial charge is 0.314 e. The summed E-state index contributed by atoms with van der Waals surface area (Å²) in [6.45, 7) is 9.61. The molecule has 0 fully saturated rings. The van der Waals surface area contributed by atoms with Crippen LogP contribution in [0.2, 0.25) is 5.02 Å². The highest BCUT2D eigenvalue weighted by Gasteiger charge is 2.41. The van der Waals surface area contributed by atoms with Gasteiger partial charge >= 0.3 is 0 Å². The molecule has 2 aromatic carbocycles. The molecule has 1 amide bonds. The van der Waals surface area contributed by atoms with E-state index in [-0.39, 0.29) is 5.91 Å². The van der Waals surface area contributed by atoms with Crippen LogP contribution in [-0.4, -0.2) is 34.8 Å². The predicted octanol–water partition coefficient (Wildman–Crippen LogP) is 6.41. The second-order valence-electron chi connectivity index (χ2n) is 9.17. The summed E-state index contributed by atoms with van der Waals surface area (Å²) < 4.78 is 0. The molecule has 0 aromatic heterocycles. The van der Waals surface area contributed by atoms with Crippen molar-refractivity contribution in [3.63, 3.8) is 0 Å². The maximum atomic E-state index is 13.6. The first-order valence-corrected chi connectivity index (χ1v) is 12.7. The molecular formula is C29H34ClN3O. The van der Waals surface area contributed by atoms with Crippen molar-refractivity contribution in [1.29, 1.82) is 0 Å². The maximum Gasteiger partial charge on any atom is 0.258 e. The normalized spacial score (nSPS) is 19.2. The van der Waals surface area contributed by atoms with Crippen molar-refractivity contribution in [2.75, 3.05) is 13.1 Å². The Morgan fingerprint density at radius 2 is 1.88 bits per heavy atom. The minimum Gasteiger partial charge on any atom is -0.314 e. The summed E-state index contributed by atoms with van der Waals surface area (Å²) in [6.07, 6.45) is 6.79. The number of allylic oxidation sites excluding steroid dienone is 2. The first-order valence-electron chi connectivity index (χ1n) is 12.3. The second-order valence-corrected chi connectivity index (χ2v) is 9.61. The van der Waals surface area contributed by atoms with E-state index in [2.05, 4.69) is 47.7 Å². The van der Waals surface area contributed by atoms with E-state index >= 15 is 0 Å². The number of fused-ring (bicyclic) bond motifs is 2. The van der Waals surface area contributed by atoms with Gasteiger partial charge in [-0.2, -0.15) is 0 Å². The van der Waals surface area contributed by atoms with E-state index in [9.17, 15) is 4.79 Å². The molecule has 0 spiro atoms. The average molecular weight is 476 g/mol. The number of aryl methyl sites for hydroxylation is 1. The Balaban J connectivity index is 0.000000868. The smallest absolute Gasteiger partial charge is 0.258 e. The van der Waals surface area contributed by atoms with Crippen LogP contribution in [0, 0.1) is 5.92 Å². The number of hydrogen-bond acceptors (Lipinski definition) is 3. The third-order valence-electron chi connectivity index (χ3n) is 6.70. The fraction of sp³-hybridized carbons (Fsp3) is 0.379. The van der Waals surface area contributed by atoms with Gasteiger partial charge in [0.15, 0.2) is 0 Å². The summed E-state index contributed by atoms with van der Waals surface area (Å²) in [5, 5.41) is 0.709. The average Bonchev–Trinajstić information content (AvgIpc) is 3.33. The lowest BCUT2D eigenvalue weighted by atomic mass is 9.81. The van der Waals surface area contributed by atoms with Gasteiger partial charge in [0.25, 0.3) is 5.91 Å². The third kappa shape index (κ3) is 5.28. The molecule has 2 aromatic rings. The van der Waals surface area contributed by atoms with Gasteiger partial charge in [-0.25, -0.2) is 0 Å². The quantitative estimate of drug-likeness (QED) is 0.468. The predicted molar refractivity (Wildman–Crippen MR) is 141 cm³/mol. The Kier molecular flexibility index (Phi) is 7.89. The molecule has 34 heavy (non-hydrogen) atoms. The van der Waals surface area contributed by atoms with Crippen molar-refractivity contribution < 1.29 is 4.79 Å². The Bertz CT molecular complexity index is 1100. The summed E-state index contributed by atoms with van der Waals surface area (Å²) in [4.78, 5) is 22.5. The van der Waals surface area contributed by atoms with Gasteiger partial charge < -0.3 is 4.90 Å². The van der Waals surface area contributed by atoms with Crippen LogP contribution >= 0.6 is 11.6 Å². The van der Waals surface area contributed by atoms with E-state index in [1.807, 2.05) is 36.1 Å². The minimum atomic E-state index is 0.133. The monoisotopic (exact) mass is 475 g/mol. The van der Waals surface area contributed by atoms with Crippen LogP contribution in [0.4, 0.5) is 0 Å². The zero-order chi connectivity index (χ0) is 24.1. The van der Waals surface area contributed by atoms with Crippen molar-refractivity contribution >= 4 is 23.5 Å². The van der Waals surface area contributed by atoms with Gasteiger partial charge in [-0.1, -0.05) is 61.0 Å². The highest BCUT2D eigenvalue weighted by atomic mass is 35.5. The molecule has 5 heteroatoms. The fourth-order valence-corrected chi connectivity index (χ4v) is 5.21. The number of carbonyl (C=O) groups excluding carboxylic acids is 1. The van der Waals surface area contributed by atoms with Gasteiger partial charge in [0, 0.05) is 22.8 Å². The Morgan fingerprint density at radius 1 is 1.15 bits per heavy atom. The standard InChI is InChI=1S/C26H28ClN3O.C3H6/c1-2-18-4-3-5-20(14-18)15-21-8-11-24-23(16-21)25(31)30(26-28-12-13-29(24)26)17-19-6-9-22(27)10-7-19;1-3-2/h3-7,9-10,14,21H,2,8,11-13,15-17H2,1H3;3H,1H2,2H3. The zero-order valence-electron chi connectivity index (χ0n) is 20.3. The lowest BCUT2D eigenvalue weighted by Gasteiger charge is -2.41. The number of guanidine groups is 1. The maximum absolute atomic E-state index is 13.6. The first kappa shape index (κ1) is 24.3. The number of benzene rings is 2. The van der Waals surface area contributed by atoms with Crippen LogP contribution in [0.25, 0.3) is 0 Å². The molecule has 0 bridgehead atoms. The van der Waals surface area contributed by atoms with Crippen molar-refractivity contribution in [1.82, 2.24) is 9.80 Å². The molecule has 0 N–H and O–H groups in total. The van der Waals surface area contributed by atoms with E-state index in [4.69, 9.17) is 11.6 Å². The van der Waals surface area contributed by atoms with Gasteiger partial charge in [-0.15, -0.1) is 6.58 Å². The SMILES string of the molecule is C=CC.CCc1cccc(CC2CCC3=C(C2)C(=O)N(Cc2ccc(Cl)cc2)C2=NCCN23)c1. The van der Waals surface area contributed by atoms with Gasteiger partial charge in [-0.05, 0) is 73.8 Å². The zero-order valence-corrected chi connectivity index (χ0v) is 21.0. The number of nitrogens with zero attached hydrogens (tertiary/aromatic N) is 3. The topological polar surface area (TPSA) is 35.9 Å². The molecule has 0 saturated heterocycles. The molecule has 4 nitrogen and oxygen atoms in total. The number of hydrogen-bond donors (Lipinski definition) is 0. The van der Waals surface area contributed by atoms with E-state index in [0.717, 1.165) is 62.3 Å². The number of carbonyl (C=O) groups is 1. The molecule has 5 rings (SSSR count). The van der Waals surface area contributed by atoms with Crippen molar-refractivity contribution in [2.45, 2.75) is 52.5 Å². The van der Waals surface area contributed by atoms with Crippen molar-refractivity contribution in [2.24, 2.45) is 10.9 Å². The molecule has 2 aliphatic heterocycles. The molecule has 1 unspecified atom stereocenters. The van der Waals surface area contributed by atoms with E-state index in [1.165, 1.54) is 16.8 Å². The number of amides is 1. The van der Waals surface area contributed by atoms with Gasteiger partial charge in [0.1, 0.15) is 0 Å². The van der Waals surface area contributed by atoms with Crippen LogP contribution in [-0.2, 0) is 24.2 Å². The Morgan fingerprint density at radius 3 is 2.62 bits per heavy atom. The third-order valence-corrected chi connectivity index (χ3v) is 6.95. The number of rotatable bonds is 5. The molecule has 0 radical (unpaired) electrons. The molecule has 178 valence electrons. The van der Waals surface area contributed by atoms with Crippen LogP contribution in [0.3, 0.4) is 0 Å². The van der Waals surface area contributed by atoms with E-state index in [1.54, 1.807) is 6.08 Å². The van der Waals surface area contributed by atoms with Crippen molar-refractivity contribution in [3.05, 3.63) is 94.2 Å². The van der Waals surface area contributed by atoms with Crippen LogP contribution < -0.4 is 0 Å². The number of halogens is 1. The molecule has 3 aliphatic rings. The first-order chi connectivity index (χ1) is 16.5. The lowest BCUT2D eigenvalue weighted by molar-refractivity contribution is -0.125. The van der Waals surface area contributed by atoms with E-state index in [0.29, 0.717) is 17.5 Å². The summed E-state index contributed by atoms with van der Waals surface area (Å²) >= 11 is 6.04. The van der Waals surface area contributed by atoms with Crippen LogP contribution in [0.1, 0.15) is 49.8 Å². The highest BCUT2D eigenvalue weighted by Crippen LogP contribution is 2.39. The van der Waals surface area contributed by atoms with E-state index < -0.39 is 0 Å². The Labute approximate surface area is 208 Å². The van der Waals surface area contributed by atoms with Crippen LogP contribution in [0.15, 0.2) is 77.4 Å². The van der Waals surface area contributed by atoms with Gasteiger partial charge in [-0.3, -0.25) is 14.7 Å². The van der Waals surface area contributed by atoms with Crippen molar-refractivity contribution in [3.8, 4) is 0 Å². The summed E-state index contributed by atoms with van der Waals surface area (Å²) in [5.41, 5.74) is 6.05. The minimum absolute atomic E-state index is 0.133.